The Morgan fingerprint density at radius 1 is 1.20 bits per heavy atom. The van der Waals surface area contributed by atoms with Crippen LogP contribution in [-0.2, 0) is 40.5 Å². The van der Waals surface area contributed by atoms with Crippen molar-refractivity contribution in [3.05, 3.63) is 35.1 Å². The number of ether oxygens (including phenoxy) is 4. The highest BCUT2D eigenvalue weighted by molar-refractivity contribution is 5.87. The summed E-state index contributed by atoms with van der Waals surface area (Å²) >= 11 is 0. The molecule has 0 radical (unpaired) electrons. The first-order valence-electron chi connectivity index (χ1n) is 15.3. The lowest BCUT2D eigenvalue weighted by molar-refractivity contribution is -0.175. The van der Waals surface area contributed by atoms with Crippen molar-refractivity contribution in [2.24, 2.45) is 5.92 Å². The Morgan fingerprint density at radius 3 is 2.64 bits per heavy atom. The van der Waals surface area contributed by atoms with Crippen LogP contribution in [0.15, 0.2) is 24.0 Å². The summed E-state index contributed by atoms with van der Waals surface area (Å²) in [6, 6.07) is 3.05. The standard InChI is InChI=1S/C32H43N3O9/c1-17(2)15-21(34-19(4)36)29(38)33-13-10-25(37)42-18(3)30(39)43-23-9-11-32(40)24-16-20-7-8-22(41-6)27-26(20)31(32,28(23)44-27)12-14-35(24)5/h7-9,17-18,21,24,28,40H,10-16H2,1-6H3,(H,33,38)(H,34,36)/t18?,21-,24+,28-,31-,32+/m0/s1. The Balaban J connectivity index is 1.24. The smallest absolute Gasteiger partial charge is 0.352 e. The molecular formula is C32H43N3O9. The fraction of sp³-hybridized carbons (Fsp3) is 0.625. The SMILES string of the molecule is COc1ccc2c3c1O[C@H]1C(OC(=O)C(C)OC(=O)CCNC(=O)[C@H](CC(C)C)NC(C)=O)=CC[C@@]4(O)[C@@H](C2)N(C)CC[C@]314. The number of methoxy groups -OCH3 is 1. The maximum Gasteiger partial charge on any atom is 0.352 e. The van der Waals surface area contributed by atoms with E-state index in [0.29, 0.717) is 30.8 Å². The third-order valence-corrected chi connectivity index (χ3v) is 9.45. The van der Waals surface area contributed by atoms with E-state index in [1.807, 2.05) is 33.0 Å². The minimum absolute atomic E-state index is 0.0200. The fourth-order valence-electron chi connectivity index (χ4n) is 7.45. The van der Waals surface area contributed by atoms with Crippen LogP contribution in [0.2, 0.25) is 0 Å². The molecule has 1 spiro atoms. The molecule has 44 heavy (non-hydrogen) atoms. The number of aliphatic hydroxyl groups is 1. The van der Waals surface area contributed by atoms with Crippen LogP contribution in [0.1, 0.15) is 64.5 Å². The second-order valence-corrected chi connectivity index (χ2v) is 12.8. The van der Waals surface area contributed by atoms with Crippen LogP contribution in [0.5, 0.6) is 11.5 Å². The molecule has 240 valence electrons. The summed E-state index contributed by atoms with van der Waals surface area (Å²) in [4.78, 5) is 51.9. The van der Waals surface area contributed by atoms with Crippen molar-refractivity contribution in [3.63, 3.8) is 0 Å². The highest BCUT2D eigenvalue weighted by atomic mass is 16.6. The monoisotopic (exact) mass is 613 g/mol. The molecule has 12 nitrogen and oxygen atoms in total. The highest BCUT2D eigenvalue weighted by Crippen LogP contribution is 2.65. The van der Waals surface area contributed by atoms with Gasteiger partial charge in [-0.25, -0.2) is 4.79 Å². The van der Waals surface area contributed by atoms with Crippen LogP contribution in [-0.4, -0.2) is 90.9 Å². The van der Waals surface area contributed by atoms with Crippen molar-refractivity contribution >= 4 is 23.8 Å². The third kappa shape index (κ3) is 5.32. The van der Waals surface area contributed by atoms with Crippen LogP contribution >= 0.6 is 0 Å². The number of amides is 2. The van der Waals surface area contributed by atoms with Crippen LogP contribution in [0.3, 0.4) is 0 Å². The number of rotatable bonds is 11. The van der Waals surface area contributed by atoms with Gasteiger partial charge in [0.05, 0.1) is 24.5 Å². The zero-order valence-corrected chi connectivity index (χ0v) is 26.2. The lowest BCUT2D eigenvalue weighted by Gasteiger charge is -2.61. The average molecular weight is 614 g/mol. The van der Waals surface area contributed by atoms with Gasteiger partial charge >= 0.3 is 11.9 Å². The van der Waals surface area contributed by atoms with Crippen molar-refractivity contribution < 1.29 is 43.2 Å². The molecule has 1 fully saturated rings. The molecule has 5 rings (SSSR count). The first-order chi connectivity index (χ1) is 20.8. The first-order valence-corrected chi connectivity index (χ1v) is 15.3. The summed E-state index contributed by atoms with van der Waals surface area (Å²) in [5, 5.41) is 17.6. The van der Waals surface area contributed by atoms with Gasteiger partial charge in [0.1, 0.15) is 11.8 Å². The lowest BCUT2D eigenvalue weighted by atomic mass is 9.50. The van der Waals surface area contributed by atoms with Crippen LogP contribution < -0.4 is 20.1 Å². The maximum atomic E-state index is 13.2. The number of nitrogens with one attached hydrogen (secondary N) is 2. The summed E-state index contributed by atoms with van der Waals surface area (Å²) in [6.07, 6.45) is 1.54. The molecule has 1 aromatic carbocycles. The Kier molecular flexibility index (Phi) is 8.69. The second kappa shape index (κ2) is 12.0. The Bertz CT molecular complexity index is 1380. The molecule has 2 aliphatic heterocycles. The molecule has 4 aliphatic rings. The van der Waals surface area contributed by atoms with Crippen LogP contribution in [0.4, 0.5) is 0 Å². The molecule has 0 aromatic heterocycles. The molecular weight excluding hydrogens is 570 g/mol. The quantitative estimate of drug-likeness (QED) is 0.313. The van der Waals surface area contributed by atoms with Gasteiger partial charge in [0.25, 0.3) is 0 Å². The normalized spacial score (nSPS) is 27.7. The van der Waals surface area contributed by atoms with Crippen molar-refractivity contribution in [2.75, 3.05) is 27.2 Å². The van der Waals surface area contributed by atoms with Gasteiger partial charge in [-0.3, -0.25) is 14.4 Å². The number of hydrogen-bond acceptors (Lipinski definition) is 10. The van der Waals surface area contributed by atoms with Crippen molar-refractivity contribution in [2.45, 2.75) is 95.1 Å². The molecule has 3 N–H and O–H groups in total. The summed E-state index contributed by atoms with van der Waals surface area (Å²) in [5.74, 6) is -0.604. The van der Waals surface area contributed by atoms with Crippen molar-refractivity contribution in [3.8, 4) is 11.5 Å². The lowest BCUT2D eigenvalue weighted by Crippen LogP contribution is -2.74. The largest absolute Gasteiger partial charge is 0.493 e. The number of likely N-dealkylation sites (tertiary alicyclic amines) is 1. The molecule has 12 heteroatoms. The van der Waals surface area contributed by atoms with Gasteiger partial charge in [-0.15, -0.1) is 0 Å². The van der Waals surface area contributed by atoms with Gasteiger partial charge in [-0.1, -0.05) is 19.9 Å². The summed E-state index contributed by atoms with van der Waals surface area (Å²) < 4.78 is 23.3. The van der Waals surface area contributed by atoms with Gasteiger partial charge in [-0.2, -0.15) is 0 Å². The molecule has 2 bridgehead atoms. The van der Waals surface area contributed by atoms with Crippen molar-refractivity contribution in [1.82, 2.24) is 15.5 Å². The number of piperidine rings is 1. The van der Waals surface area contributed by atoms with Gasteiger partial charge in [0.15, 0.2) is 23.7 Å². The maximum absolute atomic E-state index is 13.2. The van der Waals surface area contributed by atoms with E-state index in [9.17, 15) is 24.3 Å². The van der Waals surface area contributed by atoms with E-state index < -0.39 is 47.1 Å². The van der Waals surface area contributed by atoms with Crippen LogP contribution in [0, 0.1) is 5.92 Å². The summed E-state index contributed by atoms with van der Waals surface area (Å²) in [6.45, 7) is 7.35. The molecule has 2 aliphatic carbocycles. The number of carbonyl (C=O) groups is 4. The zero-order chi connectivity index (χ0) is 32.0. The minimum atomic E-state index is -1.23. The Hall–Kier alpha value is -3.64. The molecule has 2 heterocycles. The predicted octanol–water partition coefficient (Wildman–Crippen LogP) is 1.50. The summed E-state index contributed by atoms with van der Waals surface area (Å²) in [5.41, 5.74) is 0.0430. The second-order valence-electron chi connectivity index (χ2n) is 12.8. The molecule has 0 saturated carbocycles. The molecule has 2 amide bonds. The zero-order valence-electron chi connectivity index (χ0n) is 26.2. The molecule has 1 aromatic rings. The molecule has 6 atom stereocenters. The van der Waals surface area contributed by atoms with Gasteiger partial charge in [-0.05, 0) is 63.4 Å². The van der Waals surface area contributed by atoms with E-state index in [1.165, 1.54) is 13.8 Å². The number of nitrogens with zero attached hydrogens (tertiary/aromatic N) is 1. The fourth-order valence-corrected chi connectivity index (χ4v) is 7.45. The van der Waals surface area contributed by atoms with Gasteiger partial charge in [0.2, 0.25) is 11.8 Å². The van der Waals surface area contributed by atoms with Gasteiger partial charge < -0.3 is 39.6 Å². The number of benzene rings is 1. The van der Waals surface area contributed by atoms with E-state index in [1.54, 1.807) is 13.2 Å². The van der Waals surface area contributed by atoms with E-state index in [4.69, 9.17) is 18.9 Å². The van der Waals surface area contributed by atoms with E-state index in [0.717, 1.165) is 17.7 Å². The van der Waals surface area contributed by atoms with E-state index >= 15 is 0 Å². The van der Waals surface area contributed by atoms with E-state index in [2.05, 4.69) is 15.5 Å². The topological polar surface area (TPSA) is 153 Å². The molecule has 1 unspecified atom stereocenters. The first kappa shape index (κ1) is 31.8. The number of carbonyl (C=O) groups excluding carboxylic acids is 4. The third-order valence-electron chi connectivity index (χ3n) is 9.45. The Morgan fingerprint density at radius 2 is 1.95 bits per heavy atom. The number of esters is 2. The number of likely N-dealkylation sites (N-methyl/N-ethyl adjacent to an activating group) is 1. The van der Waals surface area contributed by atoms with Crippen LogP contribution in [0.25, 0.3) is 0 Å². The highest BCUT2D eigenvalue weighted by Gasteiger charge is 2.72. The average Bonchev–Trinajstić information content (AvgIpc) is 3.31. The van der Waals surface area contributed by atoms with Crippen molar-refractivity contribution in [1.29, 1.82) is 0 Å². The van der Waals surface area contributed by atoms with Gasteiger partial charge in [0, 0.05) is 31.5 Å². The summed E-state index contributed by atoms with van der Waals surface area (Å²) in [7, 11) is 3.59. The van der Waals surface area contributed by atoms with E-state index in [-0.39, 0.29) is 43.0 Å². The number of hydrogen-bond donors (Lipinski definition) is 3. The Labute approximate surface area is 257 Å². The predicted molar refractivity (Wildman–Crippen MR) is 158 cm³/mol. The minimum Gasteiger partial charge on any atom is -0.493 e. The molecule has 1 saturated heterocycles.